The molecule has 432 valence electrons. The number of hydrogen-bond acceptors (Lipinski definition) is 6. The molecule has 0 N–H and O–H groups in total. The highest BCUT2D eigenvalue weighted by molar-refractivity contribution is 5.71. The molecule has 0 aliphatic carbocycles. The van der Waals surface area contributed by atoms with Crippen LogP contribution in [0.25, 0.3) is 0 Å². The van der Waals surface area contributed by atoms with Gasteiger partial charge in [-0.2, -0.15) is 0 Å². The fourth-order valence-electron chi connectivity index (χ4n) is 6.83. The van der Waals surface area contributed by atoms with Crippen LogP contribution in [-0.2, 0) is 28.6 Å². The van der Waals surface area contributed by atoms with Crippen LogP contribution in [0.5, 0.6) is 0 Å². The van der Waals surface area contributed by atoms with E-state index >= 15 is 0 Å². The van der Waals surface area contributed by atoms with E-state index in [0.717, 1.165) is 128 Å². The van der Waals surface area contributed by atoms with E-state index in [-0.39, 0.29) is 38.4 Å². The van der Waals surface area contributed by atoms with Gasteiger partial charge in [-0.05, 0) is 148 Å². The van der Waals surface area contributed by atoms with Gasteiger partial charge in [-0.25, -0.2) is 0 Å². The number of allylic oxidation sites excluding steroid dienone is 38. The molecule has 0 heterocycles. The summed E-state index contributed by atoms with van der Waals surface area (Å²) in [5, 5.41) is 0. The summed E-state index contributed by atoms with van der Waals surface area (Å²) < 4.78 is 16.7. The van der Waals surface area contributed by atoms with Gasteiger partial charge in [0.05, 0.1) is 0 Å². The molecule has 1 atom stereocenters. The Hall–Kier alpha value is -6.53. The second-order valence-corrected chi connectivity index (χ2v) is 18.4. The Bertz CT molecular complexity index is 2060. The van der Waals surface area contributed by atoms with Crippen LogP contribution in [0, 0.1) is 0 Å². The number of hydrogen-bond donors (Lipinski definition) is 0. The summed E-state index contributed by atoms with van der Waals surface area (Å²) in [6.45, 7) is 6.08. The van der Waals surface area contributed by atoms with Crippen molar-refractivity contribution in [2.24, 2.45) is 0 Å². The third-order valence-electron chi connectivity index (χ3n) is 11.2. The SMILES string of the molecule is CC/C=C\C/C=C\C/C=C\C/C=C\C/C=C\C/C=C\C/C=C\CCCC(=O)OCC(COC(=O)CC/C=C\C/C=C\C/C=C\C/C=C\C/C=C\C/C=C\CC)OC(=O)CC/C=C\C/C=C\C/C=C\C/C=C\C/C=C\C/C=C\CC. The van der Waals surface area contributed by atoms with E-state index in [1.807, 2.05) is 24.3 Å². The third kappa shape index (κ3) is 62.2. The van der Waals surface area contributed by atoms with Crippen molar-refractivity contribution in [2.45, 2.75) is 194 Å². The molecule has 0 aliphatic rings. The van der Waals surface area contributed by atoms with E-state index in [1.54, 1.807) is 0 Å². The quantitative estimate of drug-likeness (QED) is 0.0261. The van der Waals surface area contributed by atoms with Gasteiger partial charge in [-0.3, -0.25) is 14.4 Å². The van der Waals surface area contributed by atoms with Crippen LogP contribution >= 0.6 is 0 Å². The summed E-state index contributed by atoms with van der Waals surface area (Å²) in [7, 11) is 0. The monoisotopic (exact) mass is 1080 g/mol. The fraction of sp³-hybridized carbons (Fsp3) is 0.438. The maximum atomic E-state index is 12.9. The number of esters is 3. The van der Waals surface area contributed by atoms with Gasteiger partial charge in [0.15, 0.2) is 6.10 Å². The highest BCUT2D eigenvalue weighted by atomic mass is 16.6. The van der Waals surface area contributed by atoms with Crippen molar-refractivity contribution in [1.82, 2.24) is 0 Å². The minimum Gasteiger partial charge on any atom is -0.462 e. The lowest BCUT2D eigenvalue weighted by Crippen LogP contribution is -2.30. The average Bonchev–Trinajstić information content (AvgIpc) is 3.45. The van der Waals surface area contributed by atoms with Gasteiger partial charge in [0.2, 0.25) is 0 Å². The highest BCUT2D eigenvalue weighted by Gasteiger charge is 2.19. The summed E-state index contributed by atoms with van der Waals surface area (Å²) in [5.74, 6) is -1.22. The van der Waals surface area contributed by atoms with Crippen molar-refractivity contribution in [3.05, 3.63) is 231 Å². The topological polar surface area (TPSA) is 78.9 Å². The number of rotatable bonds is 50. The largest absolute Gasteiger partial charge is 0.462 e. The molecule has 0 aromatic rings. The molecule has 0 amide bonds. The molecule has 0 radical (unpaired) electrons. The van der Waals surface area contributed by atoms with E-state index in [1.165, 1.54) is 0 Å². The van der Waals surface area contributed by atoms with Gasteiger partial charge in [-0.1, -0.05) is 252 Å². The van der Waals surface area contributed by atoms with Crippen molar-refractivity contribution in [3.63, 3.8) is 0 Å². The zero-order valence-corrected chi connectivity index (χ0v) is 49.3. The first-order valence-corrected chi connectivity index (χ1v) is 29.9. The van der Waals surface area contributed by atoms with Gasteiger partial charge in [-0.15, -0.1) is 0 Å². The maximum absolute atomic E-state index is 12.9. The minimum absolute atomic E-state index is 0.161. The maximum Gasteiger partial charge on any atom is 0.306 e. The normalized spacial score (nSPS) is 13.8. The van der Waals surface area contributed by atoms with E-state index in [9.17, 15) is 14.4 Å². The fourth-order valence-corrected chi connectivity index (χ4v) is 6.83. The van der Waals surface area contributed by atoms with Crippen molar-refractivity contribution < 1.29 is 28.6 Å². The molecule has 0 aromatic carbocycles. The summed E-state index contributed by atoms with van der Waals surface area (Å²) in [6, 6.07) is 0. The Kier molecular flexibility index (Phi) is 58.7. The second-order valence-electron chi connectivity index (χ2n) is 18.4. The molecule has 79 heavy (non-hydrogen) atoms. The molecule has 6 heteroatoms. The first kappa shape index (κ1) is 72.5. The molecule has 0 rings (SSSR count). The van der Waals surface area contributed by atoms with Crippen molar-refractivity contribution >= 4 is 17.9 Å². The first-order chi connectivity index (χ1) is 39.0. The zero-order valence-electron chi connectivity index (χ0n) is 49.3. The average molecular weight is 1080 g/mol. The highest BCUT2D eigenvalue weighted by Crippen LogP contribution is 2.08. The summed E-state index contributed by atoms with van der Waals surface area (Å²) >= 11 is 0. The van der Waals surface area contributed by atoms with Gasteiger partial charge in [0.1, 0.15) is 13.2 Å². The van der Waals surface area contributed by atoms with E-state index in [0.29, 0.717) is 19.3 Å². The lowest BCUT2D eigenvalue weighted by atomic mass is 10.2. The molecule has 0 spiro atoms. The summed E-state index contributed by atoms with van der Waals surface area (Å²) in [4.78, 5) is 38.2. The van der Waals surface area contributed by atoms with E-state index < -0.39 is 18.0 Å². The van der Waals surface area contributed by atoms with Crippen LogP contribution in [0.15, 0.2) is 231 Å². The van der Waals surface area contributed by atoms with Crippen molar-refractivity contribution in [3.8, 4) is 0 Å². The predicted octanol–water partition coefficient (Wildman–Crippen LogP) is 20.8. The van der Waals surface area contributed by atoms with Crippen LogP contribution in [0.3, 0.4) is 0 Å². The molecule has 1 unspecified atom stereocenters. The number of carbonyl (C=O) groups excluding carboxylic acids is 3. The third-order valence-corrected chi connectivity index (χ3v) is 11.2. The van der Waals surface area contributed by atoms with Crippen LogP contribution in [-0.4, -0.2) is 37.2 Å². The summed E-state index contributed by atoms with van der Waals surface area (Å²) in [5.41, 5.74) is 0. The smallest absolute Gasteiger partial charge is 0.306 e. The number of ether oxygens (including phenoxy) is 3. The molecule has 0 fully saturated rings. The van der Waals surface area contributed by atoms with Crippen LogP contribution in [0.2, 0.25) is 0 Å². The molecular formula is C73H104O6. The molecular weight excluding hydrogens is 973 g/mol. The van der Waals surface area contributed by atoms with Crippen LogP contribution < -0.4 is 0 Å². The molecule has 0 aliphatic heterocycles. The summed E-state index contributed by atoms with van der Waals surface area (Å²) in [6.07, 6.45) is 102. The Morgan fingerprint density at radius 2 is 0.456 bits per heavy atom. The van der Waals surface area contributed by atoms with Crippen molar-refractivity contribution in [2.75, 3.05) is 13.2 Å². The molecule has 6 nitrogen and oxygen atoms in total. The van der Waals surface area contributed by atoms with Gasteiger partial charge < -0.3 is 14.2 Å². The Morgan fingerprint density at radius 1 is 0.253 bits per heavy atom. The molecule has 0 saturated carbocycles. The minimum atomic E-state index is -0.891. The van der Waals surface area contributed by atoms with Gasteiger partial charge >= 0.3 is 17.9 Å². The van der Waals surface area contributed by atoms with Crippen LogP contribution in [0.1, 0.15) is 188 Å². The predicted molar refractivity (Wildman–Crippen MR) is 343 cm³/mol. The Labute approximate surface area is 482 Å². The standard InChI is InChI=1S/C73H104O6/c1-4-7-10-13-16-19-22-25-28-31-34-35-36-37-40-42-45-48-51-54-57-60-63-66-72(75)78-69-70(79-73(76)67-64-61-58-55-52-49-46-43-39-33-30-27-24-21-18-15-12-9-6-3)68-77-71(74)65-62-59-56-53-50-47-44-41-38-32-29-26-23-20-17-14-11-8-5-2/h7-12,16-21,25-30,34-35,37-41,43,45,47-50,52,54,56-59,61,70H,4-6,13-15,22-24,31-33,36,42,44,46,51,53,55,60,62-69H2,1-3H3/b10-7-,11-8-,12-9-,19-16-,20-17-,21-18-,28-25-,29-26-,30-27-,35-34-,40-37-,41-38-,43-39-,48-45-,50-47-,52-49-,57-54-,59-56-,61-58-. The van der Waals surface area contributed by atoms with Gasteiger partial charge in [0.25, 0.3) is 0 Å². The number of unbranched alkanes of at least 4 members (excludes halogenated alkanes) is 1. The Balaban J connectivity index is 4.76. The zero-order chi connectivity index (χ0) is 57.1. The molecule has 0 bridgehead atoms. The Morgan fingerprint density at radius 3 is 0.709 bits per heavy atom. The molecule has 0 saturated heterocycles. The lowest BCUT2D eigenvalue weighted by Gasteiger charge is -2.18. The van der Waals surface area contributed by atoms with E-state index in [4.69, 9.17) is 14.2 Å². The van der Waals surface area contributed by atoms with Crippen molar-refractivity contribution in [1.29, 1.82) is 0 Å². The lowest BCUT2D eigenvalue weighted by molar-refractivity contribution is -0.166. The van der Waals surface area contributed by atoms with Crippen LogP contribution in [0.4, 0.5) is 0 Å². The first-order valence-electron chi connectivity index (χ1n) is 29.9. The second kappa shape index (κ2) is 64.0. The molecule has 0 aromatic heterocycles. The van der Waals surface area contributed by atoms with E-state index in [2.05, 4.69) is 227 Å². The van der Waals surface area contributed by atoms with Gasteiger partial charge in [0, 0.05) is 19.3 Å². The number of carbonyl (C=O) groups is 3.